The third kappa shape index (κ3) is 3.47. The molecule has 1 N–H and O–H groups in total. The molecule has 94 valence electrons. The van der Waals surface area contributed by atoms with E-state index in [9.17, 15) is 4.79 Å². The summed E-state index contributed by atoms with van der Waals surface area (Å²) in [7, 11) is 3.07. The van der Waals surface area contributed by atoms with Crippen LogP contribution >= 0.6 is 22.6 Å². The summed E-state index contributed by atoms with van der Waals surface area (Å²) in [6.45, 7) is 2.20. The van der Waals surface area contributed by atoms with E-state index in [0.29, 0.717) is 23.7 Å². The minimum atomic E-state index is -0.308. The van der Waals surface area contributed by atoms with E-state index in [-0.39, 0.29) is 5.91 Å². The SMILES string of the molecule is CCONC(=O)c1cc(OC)c(OC)cc1I. The number of nitrogens with one attached hydrogen (secondary N) is 1. The fourth-order valence-electron chi connectivity index (χ4n) is 1.22. The number of ether oxygens (including phenoxy) is 2. The molecule has 0 aliphatic carbocycles. The van der Waals surface area contributed by atoms with Crippen molar-refractivity contribution in [2.24, 2.45) is 0 Å². The Bertz CT molecular complexity index is 409. The van der Waals surface area contributed by atoms with Crippen LogP contribution in [0.1, 0.15) is 17.3 Å². The molecule has 0 saturated carbocycles. The minimum absolute atomic E-state index is 0.308. The first kappa shape index (κ1) is 14.0. The van der Waals surface area contributed by atoms with E-state index in [2.05, 4.69) is 28.1 Å². The van der Waals surface area contributed by atoms with Crippen molar-refractivity contribution in [2.45, 2.75) is 6.92 Å². The maximum absolute atomic E-state index is 11.8. The van der Waals surface area contributed by atoms with Crippen LogP contribution < -0.4 is 15.0 Å². The number of carbonyl (C=O) groups is 1. The van der Waals surface area contributed by atoms with Crippen molar-refractivity contribution < 1.29 is 19.1 Å². The van der Waals surface area contributed by atoms with Crippen LogP contribution in [0.25, 0.3) is 0 Å². The van der Waals surface area contributed by atoms with E-state index in [4.69, 9.17) is 14.3 Å². The molecule has 0 heterocycles. The summed E-state index contributed by atoms with van der Waals surface area (Å²) < 4.78 is 11.0. The Hall–Kier alpha value is -1.02. The molecule has 17 heavy (non-hydrogen) atoms. The van der Waals surface area contributed by atoms with E-state index in [1.165, 1.54) is 7.11 Å². The lowest BCUT2D eigenvalue weighted by Gasteiger charge is -2.11. The maximum Gasteiger partial charge on any atom is 0.276 e. The molecule has 1 amide bonds. The average molecular weight is 351 g/mol. The van der Waals surface area contributed by atoms with E-state index < -0.39 is 0 Å². The average Bonchev–Trinajstić information content (AvgIpc) is 2.35. The van der Waals surface area contributed by atoms with Crippen LogP contribution in [-0.4, -0.2) is 26.7 Å². The van der Waals surface area contributed by atoms with Gasteiger partial charge in [-0.2, -0.15) is 0 Å². The highest BCUT2D eigenvalue weighted by Gasteiger charge is 2.15. The molecule has 1 aromatic carbocycles. The molecule has 6 heteroatoms. The molecule has 1 rings (SSSR count). The Labute approximate surface area is 114 Å². The van der Waals surface area contributed by atoms with Crippen LogP contribution in [0.5, 0.6) is 11.5 Å². The van der Waals surface area contributed by atoms with Gasteiger partial charge in [-0.05, 0) is 41.6 Å². The highest BCUT2D eigenvalue weighted by Crippen LogP contribution is 2.31. The molecule has 0 fully saturated rings. The summed E-state index contributed by atoms with van der Waals surface area (Å²) in [5.41, 5.74) is 2.82. The third-order valence-corrected chi connectivity index (χ3v) is 2.92. The minimum Gasteiger partial charge on any atom is -0.493 e. The van der Waals surface area contributed by atoms with Gasteiger partial charge >= 0.3 is 0 Å². The zero-order valence-corrected chi connectivity index (χ0v) is 12.0. The Morgan fingerprint density at radius 3 is 2.41 bits per heavy atom. The lowest BCUT2D eigenvalue weighted by molar-refractivity contribution is 0.0363. The summed E-state index contributed by atoms with van der Waals surface area (Å²) in [6, 6.07) is 3.36. The monoisotopic (exact) mass is 351 g/mol. The fourth-order valence-corrected chi connectivity index (χ4v) is 1.90. The van der Waals surface area contributed by atoms with Gasteiger partial charge < -0.3 is 9.47 Å². The number of benzene rings is 1. The van der Waals surface area contributed by atoms with Crippen molar-refractivity contribution in [3.63, 3.8) is 0 Å². The molecule has 1 aromatic rings. The molecule has 0 unspecified atom stereocenters. The number of carbonyl (C=O) groups excluding carboxylic acids is 1. The Balaban J connectivity index is 3.03. The molecule has 0 aliphatic rings. The van der Waals surface area contributed by atoms with Crippen LogP contribution in [0.2, 0.25) is 0 Å². The topological polar surface area (TPSA) is 56.8 Å². The van der Waals surface area contributed by atoms with Gasteiger partial charge in [-0.15, -0.1) is 0 Å². The largest absolute Gasteiger partial charge is 0.493 e. The smallest absolute Gasteiger partial charge is 0.276 e. The summed E-state index contributed by atoms with van der Waals surface area (Å²) in [5.74, 6) is 0.789. The lowest BCUT2D eigenvalue weighted by Crippen LogP contribution is -2.24. The van der Waals surface area contributed by atoms with Gasteiger partial charge in [0.1, 0.15) is 0 Å². The van der Waals surface area contributed by atoms with Crippen molar-refractivity contribution in [1.82, 2.24) is 5.48 Å². The molecule has 0 radical (unpaired) electrons. The molecule has 0 atom stereocenters. The van der Waals surface area contributed by atoms with Gasteiger partial charge in [0, 0.05) is 3.57 Å². The predicted octanol–water partition coefficient (Wildman–Crippen LogP) is 1.99. The Kier molecular flexibility index (Phi) is 5.49. The first-order valence-corrected chi connectivity index (χ1v) is 6.05. The molecule has 0 spiro atoms. The number of rotatable bonds is 5. The predicted molar refractivity (Wildman–Crippen MR) is 71.4 cm³/mol. The van der Waals surface area contributed by atoms with Crippen LogP contribution in [0, 0.1) is 3.57 Å². The second kappa shape index (κ2) is 6.65. The second-order valence-corrected chi connectivity index (χ2v) is 4.21. The third-order valence-electron chi connectivity index (χ3n) is 2.03. The van der Waals surface area contributed by atoms with Gasteiger partial charge in [-0.25, -0.2) is 5.48 Å². The fraction of sp³-hybridized carbons (Fsp3) is 0.364. The molecule has 0 saturated heterocycles. The number of hydrogen-bond acceptors (Lipinski definition) is 4. The van der Waals surface area contributed by atoms with Crippen molar-refractivity contribution in [3.05, 3.63) is 21.3 Å². The first-order chi connectivity index (χ1) is 8.13. The number of hydroxylamine groups is 1. The Morgan fingerprint density at radius 1 is 1.29 bits per heavy atom. The van der Waals surface area contributed by atoms with Gasteiger partial charge in [-0.3, -0.25) is 9.63 Å². The van der Waals surface area contributed by atoms with Crippen LogP contribution in [0.15, 0.2) is 12.1 Å². The second-order valence-electron chi connectivity index (χ2n) is 3.05. The summed E-state index contributed by atoms with van der Waals surface area (Å²) in [5, 5.41) is 0. The van der Waals surface area contributed by atoms with Gasteiger partial charge in [-0.1, -0.05) is 0 Å². The molecular formula is C11H14INO4. The van der Waals surface area contributed by atoms with Gasteiger partial charge in [0.2, 0.25) is 0 Å². The van der Waals surface area contributed by atoms with Gasteiger partial charge in [0.25, 0.3) is 5.91 Å². The zero-order chi connectivity index (χ0) is 12.8. The quantitative estimate of drug-likeness (QED) is 0.651. The van der Waals surface area contributed by atoms with E-state index >= 15 is 0 Å². The molecule has 0 aromatic heterocycles. The highest BCUT2D eigenvalue weighted by atomic mass is 127. The van der Waals surface area contributed by atoms with E-state index in [1.54, 1.807) is 26.2 Å². The van der Waals surface area contributed by atoms with Crippen molar-refractivity contribution >= 4 is 28.5 Å². The lowest BCUT2D eigenvalue weighted by atomic mass is 10.2. The van der Waals surface area contributed by atoms with Crippen molar-refractivity contribution in [2.75, 3.05) is 20.8 Å². The normalized spacial score (nSPS) is 9.88. The van der Waals surface area contributed by atoms with Crippen LogP contribution in [-0.2, 0) is 4.84 Å². The molecule has 0 bridgehead atoms. The van der Waals surface area contributed by atoms with Gasteiger partial charge in [0.15, 0.2) is 11.5 Å². The van der Waals surface area contributed by atoms with Crippen molar-refractivity contribution in [3.8, 4) is 11.5 Å². The van der Waals surface area contributed by atoms with Crippen LogP contribution in [0.3, 0.4) is 0 Å². The zero-order valence-electron chi connectivity index (χ0n) is 9.87. The number of methoxy groups -OCH3 is 2. The van der Waals surface area contributed by atoms with Crippen molar-refractivity contribution in [1.29, 1.82) is 0 Å². The van der Waals surface area contributed by atoms with E-state index in [0.717, 1.165) is 3.57 Å². The maximum atomic E-state index is 11.8. The molecular weight excluding hydrogens is 337 g/mol. The summed E-state index contributed by atoms with van der Waals surface area (Å²) in [6.07, 6.45) is 0. The standard InChI is InChI=1S/C11H14INO4/c1-4-17-13-11(14)7-5-9(15-2)10(16-3)6-8(7)12/h5-6H,4H2,1-3H3,(H,13,14). The number of halogens is 1. The number of hydrogen-bond donors (Lipinski definition) is 1. The molecule has 5 nitrogen and oxygen atoms in total. The van der Waals surface area contributed by atoms with Crippen LogP contribution in [0.4, 0.5) is 0 Å². The van der Waals surface area contributed by atoms with Gasteiger partial charge in [0.05, 0.1) is 26.4 Å². The summed E-state index contributed by atoms with van der Waals surface area (Å²) in [4.78, 5) is 16.6. The first-order valence-electron chi connectivity index (χ1n) is 4.97. The summed E-state index contributed by atoms with van der Waals surface area (Å²) >= 11 is 2.06. The molecule has 0 aliphatic heterocycles. The highest BCUT2D eigenvalue weighted by molar-refractivity contribution is 14.1. The Morgan fingerprint density at radius 2 is 1.88 bits per heavy atom. The van der Waals surface area contributed by atoms with E-state index in [1.807, 2.05) is 0 Å². The number of amides is 1.